The van der Waals surface area contributed by atoms with Gasteiger partial charge in [-0.15, -0.1) is 0 Å². The monoisotopic (exact) mass is 303 g/mol. The summed E-state index contributed by atoms with van der Waals surface area (Å²) in [5.41, 5.74) is 4.64. The van der Waals surface area contributed by atoms with E-state index in [1.165, 1.54) is 18.6 Å². The third kappa shape index (κ3) is 4.89. The lowest BCUT2D eigenvalue weighted by Crippen LogP contribution is -2.49. The number of hydrogen-bond donors (Lipinski definition) is 3. The highest BCUT2D eigenvalue weighted by molar-refractivity contribution is 5.93. The van der Waals surface area contributed by atoms with Crippen molar-refractivity contribution >= 4 is 11.9 Å². The second-order valence-corrected chi connectivity index (χ2v) is 4.66. The summed E-state index contributed by atoms with van der Waals surface area (Å²) in [7, 11) is 0. The Bertz CT molecular complexity index is 600. The molecule has 2 aromatic rings. The van der Waals surface area contributed by atoms with Crippen LogP contribution >= 0.6 is 0 Å². The molecule has 0 saturated heterocycles. The van der Waals surface area contributed by atoms with Crippen LogP contribution in [0.4, 0.5) is 4.79 Å². The minimum absolute atomic E-state index is 0.0708. The molecule has 0 aliphatic carbocycles. The Kier molecular flexibility index (Phi) is 5.47. The van der Waals surface area contributed by atoms with E-state index in [-0.39, 0.29) is 11.7 Å². The Labute approximate surface area is 127 Å². The highest BCUT2D eigenvalue weighted by Crippen LogP contribution is 2.05. The summed E-state index contributed by atoms with van der Waals surface area (Å²) in [6.07, 6.45) is 7.21. The second-order valence-electron chi connectivity index (χ2n) is 4.66. The fourth-order valence-corrected chi connectivity index (χ4v) is 1.74. The molecule has 0 aliphatic rings. The average Bonchev–Trinajstić information content (AvgIpc) is 3.05. The molecule has 2 rings (SSSR count). The first-order valence-electron chi connectivity index (χ1n) is 6.80. The van der Waals surface area contributed by atoms with Crippen molar-refractivity contribution in [2.24, 2.45) is 0 Å². The van der Waals surface area contributed by atoms with Gasteiger partial charge in [0.1, 0.15) is 11.5 Å². The minimum Gasteiger partial charge on any atom is -0.469 e. The van der Waals surface area contributed by atoms with Gasteiger partial charge in [-0.2, -0.15) is 0 Å². The Balaban J connectivity index is 1.68. The molecular formula is C14H17N5O3. The number of nitrogens with zero attached hydrogens (tertiary/aromatic N) is 2. The van der Waals surface area contributed by atoms with Gasteiger partial charge in [-0.3, -0.25) is 15.2 Å². The van der Waals surface area contributed by atoms with Gasteiger partial charge >= 0.3 is 6.03 Å². The Morgan fingerprint density at radius 1 is 1.32 bits per heavy atom. The molecule has 0 fully saturated rings. The number of hydrazine groups is 1. The highest BCUT2D eigenvalue weighted by Gasteiger charge is 2.11. The third-order valence-electron chi connectivity index (χ3n) is 2.87. The first-order valence-corrected chi connectivity index (χ1v) is 6.80. The van der Waals surface area contributed by atoms with Gasteiger partial charge in [0, 0.05) is 24.9 Å². The lowest BCUT2D eigenvalue weighted by atomic mass is 10.1. The predicted molar refractivity (Wildman–Crippen MR) is 77.7 cm³/mol. The van der Waals surface area contributed by atoms with Gasteiger partial charge in [0.2, 0.25) is 0 Å². The van der Waals surface area contributed by atoms with Crippen molar-refractivity contribution in [2.45, 2.75) is 25.8 Å². The number of rotatable bonds is 5. The first-order chi connectivity index (χ1) is 10.6. The first kappa shape index (κ1) is 15.5. The van der Waals surface area contributed by atoms with Crippen LogP contribution in [-0.4, -0.2) is 27.9 Å². The topological polar surface area (TPSA) is 109 Å². The van der Waals surface area contributed by atoms with E-state index in [0.29, 0.717) is 0 Å². The second kappa shape index (κ2) is 7.77. The van der Waals surface area contributed by atoms with Crippen molar-refractivity contribution in [1.82, 2.24) is 26.1 Å². The van der Waals surface area contributed by atoms with Gasteiger partial charge in [0.05, 0.1) is 12.5 Å². The van der Waals surface area contributed by atoms with Gasteiger partial charge in [-0.1, -0.05) is 0 Å². The van der Waals surface area contributed by atoms with E-state index in [1.54, 1.807) is 6.26 Å². The van der Waals surface area contributed by atoms with Crippen molar-refractivity contribution in [3.05, 3.63) is 48.4 Å². The van der Waals surface area contributed by atoms with Crippen molar-refractivity contribution in [2.75, 3.05) is 0 Å². The maximum absolute atomic E-state index is 11.7. The van der Waals surface area contributed by atoms with Gasteiger partial charge in [0.25, 0.3) is 5.91 Å². The summed E-state index contributed by atoms with van der Waals surface area (Å²) >= 11 is 0. The standard InChI is InChI=1S/C14H17N5O3/c1-10(4-5-11-3-2-8-22-11)17-14(21)19-18-13(20)12-9-15-6-7-16-12/h2-3,6-10H,4-5H2,1H3,(H,18,20)(H2,17,19,21). The molecule has 8 heteroatoms. The van der Waals surface area contributed by atoms with Crippen LogP contribution in [0.25, 0.3) is 0 Å². The van der Waals surface area contributed by atoms with Gasteiger partial charge < -0.3 is 9.73 Å². The molecule has 0 aliphatic heterocycles. The lowest BCUT2D eigenvalue weighted by Gasteiger charge is -2.14. The number of carbonyl (C=O) groups is 2. The van der Waals surface area contributed by atoms with E-state index in [2.05, 4.69) is 26.1 Å². The maximum atomic E-state index is 11.7. The molecule has 22 heavy (non-hydrogen) atoms. The molecule has 0 aromatic carbocycles. The van der Waals surface area contributed by atoms with Crippen LogP contribution in [0, 0.1) is 0 Å². The van der Waals surface area contributed by atoms with E-state index >= 15 is 0 Å². The molecule has 2 heterocycles. The number of amides is 3. The van der Waals surface area contributed by atoms with E-state index in [1.807, 2.05) is 19.1 Å². The molecular weight excluding hydrogens is 286 g/mol. The Morgan fingerprint density at radius 3 is 2.86 bits per heavy atom. The fourth-order valence-electron chi connectivity index (χ4n) is 1.74. The molecule has 116 valence electrons. The zero-order valence-electron chi connectivity index (χ0n) is 12.1. The molecule has 0 bridgehead atoms. The maximum Gasteiger partial charge on any atom is 0.333 e. The van der Waals surface area contributed by atoms with E-state index < -0.39 is 11.9 Å². The molecule has 2 aromatic heterocycles. The van der Waals surface area contributed by atoms with E-state index in [9.17, 15) is 9.59 Å². The molecule has 0 spiro atoms. The van der Waals surface area contributed by atoms with Crippen LogP contribution in [0.1, 0.15) is 29.6 Å². The number of hydrogen-bond acceptors (Lipinski definition) is 5. The summed E-state index contributed by atoms with van der Waals surface area (Å²) in [4.78, 5) is 30.9. The normalized spacial score (nSPS) is 11.5. The number of furan rings is 1. The SMILES string of the molecule is CC(CCc1ccco1)NC(=O)NNC(=O)c1cnccn1. The number of aromatic nitrogens is 2. The third-order valence-corrected chi connectivity index (χ3v) is 2.87. The smallest absolute Gasteiger partial charge is 0.333 e. The number of nitrogens with one attached hydrogen (secondary N) is 3. The van der Waals surface area contributed by atoms with Crippen molar-refractivity contribution in [1.29, 1.82) is 0 Å². The summed E-state index contributed by atoms with van der Waals surface area (Å²) in [6, 6.07) is 3.14. The molecule has 3 N–H and O–H groups in total. The zero-order valence-corrected chi connectivity index (χ0v) is 12.1. The number of aryl methyl sites for hydroxylation is 1. The number of urea groups is 1. The van der Waals surface area contributed by atoms with Gasteiger partial charge in [-0.25, -0.2) is 15.2 Å². The Morgan fingerprint density at radius 2 is 2.18 bits per heavy atom. The molecule has 0 radical (unpaired) electrons. The van der Waals surface area contributed by atoms with Crippen LogP contribution < -0.4 is 16.2 Å². The van der Waals surface area contributed by atoms with Crippen LogP contribution in [0.2, 0.25) is 0 Å². The quantitative estimate of drug-likeness (QED) is 0.715. The molecule has 1 atom stereocenters. The molecule has 1 unspecified atom stereocenters. The van der Waals surface area contributed by atoms with Crippen LogP contribution in [-0.2, 0) is 6.42 Å². The summed E-state index contributed by atoms with van der Waals surface area (Å²) in [6.45, 7) is 1.87. The van der Waals surface area contributed by atoms with Crippen molar-refractivity contribution < 1.29 is 14.0 Å². The van der Waals surface area contributed by atoms with Gasteiger partial charge in [0.15, 0.2) is 0 Å². The Hall–Kier alpha value is -2.90. The molecule has 3 amide bonds. The molecule has 8 nitrogen and oxygen atoms in total. The van der Waals surface area contributed by atoms with Crippen LogP contribution in [0.15, 0.2) is 41.4 Å². The predicted octanol–water partition coefficient (Wildman–Crippen LogP) is 1.03. The average molecular weight is 303 g/mol. The lowest BCUT2D eigenvalue weighted by molar-refractivity contribution is 0.0930. The fraction of sp³-hybridized carbons (Fsp3) is 0.286. The summed E-state index contributed by atoms with van der Waals surface area (Å²) in [5, 5.41) is 2.71. The van der Waals surface area contributed by atoms with Crippen LogP contribution in [0.5, 0.6) is 0 Å². The highest BCUT2D eigenvalue weighted by atomic mass is 16.3. The van der Waals surface area contributed by atoms with Crippen LogP contribution in [0.3, 0.4) is 0 Å². The molecule has 0 saturated carbocycles. The van der Waals surface area contributed by atoms with E-state index in [4.69, 9.17) is 4.42 Å². The van der Waals surface area contributed by atoms with E-state index in [0.717, 1.165) is 18.6 Å². The largest absolute Gasteiger partial charge is 0.469 e. The van der Waals surface area contributed by atoms with Gasteiger partial charge in [-0.05, 0) is 25.5 Å². The summed E-state index contributed by atoms with van der Waals surface area (Å²) < 4.78 is 5.22. The zero-order chi connectivity index (χ0) is 15.8. The van der Waals surface area contributed by atoms with Crippen molar-refractivity contribution in [3.8, 4) is 0 Å². The number of carbonyl (C=O) groups excluding carboxylic acids is 2. The summed E-state index contributed by atoms with van der Waals surface area (Å²) in [5.74, 6) is 0.330. The minimum atomic E-state index is -0.536. The van der Waals surface area contributed by atoms with Crippen molar-refractivity contribution in [3.63, 3.8) is 0 Å².